The highest BCUT2D eigenvalue weighted by Crippen LogP contribution is 2.00. The lowest BCUT2D eigenvalue weighted by Crippen LogP contribution is -2.15. The van der Waals surface area contributed by atoms with E-state index in [-0.39, 0.29) is 24.4 Å². The predicted octanol–water partition coefficient (Wildman–Crippen LogP) is 0.680. The van der Waals surface area contributed by atoms with Gasteiger partial charge in [0, 0.05) is 11.1 Å². The second-order valence-corrected chi connectivity index (χ2v) is 3.22. The number of ether oxygens (including phenoxy) is 2. The zero-order valence-corrected chi connectivity index (χ0v) is 9.52. The Bertz CT molecular complexity index is 355. The van der Waals surface area contributed by atoms with E-state index in [1.807, 2.05) is 0 Å². The number of aliphatic carboxylic acids is 1. The molecule has 0 aliphatic rings. The summed E-state index contributed by atoms with van der Waals surface area (Å²) >= 11 is 0. The van der Waals surface area contributed by atoms with E-state index in [4.69, 9.17) is 5.11 Å². The molecule has 94 valence electrons. The minimum atomic E-state index is -1.25. The summed E-state index contributed by atoms with van der Waals surface area (Å²) in [5.41, 5.74) is -0.00971. The molecular weight excluding hydrogens is 228 g/mol. The van der Waals surface area contributed by atoms with Crippen molar-refractivity contribution in [2.75, 3.05) is 13.2 Å². The molecule has 0 bridgehead atoms. The lowest BCUT2D eigenvalue weighted by molar-refractivity contribution is -0.150. The van der Waals surface area contributed by atoms with Gasteiger partial charge in [-0.1, -0.05) is 13.2 Å². The van der Waals surface area contributed by atoms with E-state index in [9.17, 15) is 14.4 Å². The maximum Gasteiger partial charge on any atom is 0.333 e. The average Bonchev–Trinajstić information content (AvgIpc) is 2.23. The maximum absolute atomic E-state index is 11.0. The van der Waals surface area contributed by atoms with Crippen LogP contribution in [0.15, 0.2) is 24.3 Å². The lowest BCUT2D eigenvalue weighted by atomic mass is 10.2. The molecule has 0 aliphatic heterocycles. The van der Waals surface area contributed by atoms with Crippen molar-refractivity contribution in [1.82, 2.24) is 0 Å². The molecule has 0 fully saturated rings. The lowest BCUT2D eigenvalue weighted by Gasteiger charge is -2.06. The van der Waals surface area contributed by atoms with Crippen molar-refractivity contribution < 1.29 is 29.0 Å². The number of hydrogen-bond donors (Lipinski definition) is 1. The van der Waals surface area contributed by atoms with Crippen LogP contribution in [0.5, 0.6) is 0 Å². The summed E-state index contributed by atoms with van der Waals surface area (Å²) in [7, 11) is 0. The number of carboxylic acids is 1. The number of hydrogen-bond acceptors (Lipinski definition) is 5. The van der Waals surface area contributed by atoms with E-state index in [1.54, 1.807) is 0 Å². The van der Waals surface area contributed by atoms with Crippen LogP contribution in [0.25, 0.3) is 0 Å². The quantitative estimate of drug-likeness (QED) is 0.401. The SMILES string of the molecule is C=C(C)C(=O)OCCOC(=O)CC(=C)C(=O)O. The van der Waals surface area contributed by atoms with Crippen molar-refractivity contribution in [3.05, 3.63) is 24.3 Å². The summed E-state index contributed by atoms with van der Waals surface area (Å²) in [4.78, 5) is 32.3. The molecule has 0 atom stereocenters. The Balaban J connectivity index is 3.73. The van der Waals surface area contributed by atoms with E-state index in [0.717, 1.165) is 0 Å². The van der Waals surface area contributed by atoms with Crippen molar-refractivity contribution in [3.8, 4) is 0 Å². The molecule has 0 unspecified atom stereocenters. The standard InChI is InChI=1S/C11H14O6/c1-7(2)11(15)17-5-4-16-9(12)6-8(3)10(13)14/h1,3-6H2,2H3,(H,13,14). The Morgan fingerprint density at radius 3 is 2.12 bits per heavy atom. The monoisotopic (exact) mass is 242 g/mol. The van der Waals surface area contributed by atoms with Crippen molar-refractivity contribution in [3.63, 3.8) is 0 Å². The maximum atomic E-state index is 11.0. The average molecular weight is 242 g/mol. The minimum Gasteiger partial charge on any atom is -0.478 e. The third-order valence-corrected chi connectivity index (χ3v) is 1.59. The van der Waals surface area contributed by atoms with Gasteiger partial charge in [0.05, 0.1) is 6.42 Å². The molecule has 0 aromatic carbocycles. The van der Waals surface area contributed by atoms with E-state index in [1.165, 1.54) is 6.92 Å². The first-order valence-corrected chi connectivity index (χ1v) is 4.74. The van der Waals surface area contributed by atoms with Crippen LogP contribution in [0.4, 0.5) is 0 Å². The molecule has 0 saturated heterocycles. The van der Waals surface area contributed by atoms with E-state index < -0.39 is 24.3 Å². The van der Waals surface area contributed by atoms with Gasteiger partial charge in [-0.2, -0.15) is 0 Å². The fourth-order valence-electron chi connectivity index (χ4n) is 0.714. The van der Waals surface area contributed by atoms with Gasteiger partial charge >= 0.3 is 17.9 Å². The molecule has 6 nitrogen and oxygen atoms in total. The van der Waals surface area contributed by atoms with Crippen molar-refractivity contribution >= 4 is 17.9 Å². The summed E-state index contributed by atoms with van der Waals surface area (Å²) < 4.78 is 9.27. The van der Waals surface area contributed by atoms with Gasteiger partial charge in [-0.25, -0.2) is 9.59 Å². The largest absolute Gasteiger partial charge is 0.478 e. The Morgan fingerprint density at radius 1 is 1.12 bits per heavy atom. The summed E-state index contributed by atoms with van der Waals surface area (Å²) in [5, 5.41) is 8.45. The number of carboxylic acid groups (broad SMARTS) is 1. The number of rotatable bonds is 7. The molecule has 0 saturated carbocycles. The molecule has 0 rings (SSSR count). The van der Waals surface area contributed by atoms with E-state index >= 15 is 0 Å². The molecule has 0 spiro atoms. The van der Waals surface area contributed by atoms with Crippen LogP contribution < -0.4 is 0 Å². The summed E-state index contributed by atoms with van der Waals surface area (Å²) in [6, 6.07) is 0. The first-order chi connectivity index (χ1) is 7.84. The third kappa shape index (κ3) is 6.88. The molecule has 0 aromatic rings. The van der Waals surface area contributed by atoms with Gasteiger partial charge in [-0.05, 0) is 6.92 Å². The fourth-order valence-corrected chi connectivity index (χ4v) is 0.714. The molecule has 0 aromatic heterocycles. The number of carbonyl (C=O) groups excluding carboxylic acids is 2. The minimum absolute atomic E-state index is 0.100. The molecule has 0 radical (unpaired) electrons. The number of esters is 2. The Labute approximate surface area is 98.5 Å². The second-order valence-electron chi connectivity index (χ2n) is 3.22. The summed E-state index contributed by atoms with van der Waals surface area (Å²) in [6.07, 6.45) is -0.399. The molecule has 0 aliphatic carbocycles. The normalized spacial score (nSPS) is 9.24. The molecule has 17 heavy (non-hydrogen) atoms. The van der Waals surface area contributed by atoms with Crippen molar-refractivity contribution in [2.24, 2.45) is 0 Å². The number of carbonyl (C=O) groups is 3. The van der Waals surface area contributed by atoms with Gasteiger partial charge in [-0.15, -0.1) is 0 Å². The summed E-state index contributed by atoms with van der Waals surface area (Å²) in [6.45, 7) is 7.80. The zero-order chi connectivity index (χ0) is 13.4. The zero-order valence-electron chi connectivity index (χ0n) is 9.52. The van der Waals surface area contributed by atoms with Crippen LogP contribution in [0.3, 0.4) is 0 Å². The van der Waals surface area contributed by atoms with Crippen LogP contribution in [-0.2, 0) is 23.9 Å². The van der Waals surface area contributed by atoms with Gasteiger partial charge in [-0.3, -0.25) is 4.79 Å². The Kier molecular flexibility index (Phi) is 6.32. The Hall–Kier alpha value is -2.11. The van der Waals surface area contributed by atoms with Gasteiger partial charge in [0.1, 0.15) is 13.2 Å². The van der Waals surface area contributed by atoms with Crippen LogP contribution in [0, 0.1) is 0 Å². The first-order valence-electron chi connectivity index (χ1n) is 4.74. The van der Waals surface area contributed by atoms with Gasteiger partial charge in [0.2, 0.25) is 0 Å². The van der Waals surface area contributed by atoms with Crippen molar-refractivity contribution in [2.45, 2.75) is 13.3 Å². The molecule has 1 N–H and O–H groups in total. The predicted molar refractivity (Wildman–Crippen MR) is 58.1 cm³/mol. The third-order valence-electron chi connectivity index (χ3n) is 1.59. The van der Waals surface area contributed by atoms with Crippen LogP contribution in [0.2, 0.25) is 0 Å². The smallest absolute Gasteiger partial charge is 0.333 e. The van der Waals surface area contributed by atoms with Gasteiger partial charge < -0.3 is 14.6 Å². The highest BCUT2D eigenvalue weighted by atomic mass is 16.6. The van der Waals surface area contributed by atoms with Crippen molar-refractivity contribution in [1.29, 1.82) is 0 Å². The molecule has 0 amide bonds. The second kappa shape index (κ2) is 7.21. The first kappa shape index (κ1) is 14.9. The molecule has 6 heteroatoms. The summed E-state index contributed by atoms with van der Waals surface area (Å²) in [5.74, 6) is -2.56. The van der Waals surface area contributed by atoms with E-state index in [0.29, 0.717) is 0 Å². The molecule has 0 heterocycles. The highest BCUT2D eigenvalue weighted by molar-refractivity contribution is 5.91. The van der Waals surface area contributed by atoms with Crippen LogP contribution in [0.1, 0.15) is 13.3 Å². The van der Waals surface area contributed by atoms with Gasteiger partial charge in [0.15, 0.2) is 0 Å². The topological polar surface area (TPSA) is 89.9 Å². The highest BCUT2D eigenvalue weighted by Gasteiger charge is 2.11. The fraction of sp³-hybridized carbons (Fsp3) is 0.364. The van der Waals surface area contributed by atoms with Crippen LogP contribution >= 0.6 is 0 Å². The van der Waals surface area contributed by atoms with Gasteiger partial charge in [0.25, 0.3) is 0 Å². The Morgan fingerprint density at radius 2 is 1.65 bits per heavy atom. The van der Waals surface area contributed by atoms with Crippen LogP contribution in [-0.4, -0.2) is 36.2 Å². The molecular formula is C11H14O6. The van der Waals surface area contributed by atoms with E-state index in [2.05, 4.69) is 22.6 Å².